The van der Waals surface area contributed by atoms with E-state index < -0.39 is 12.6 Å². The molecular formula is C16H14F2N4O2. The predicted molar refractivity (Wildman–Crippen MR) is 82.8 cm³/mol. The molecule has 0 aliphatic carbocycles. The van der Waals surface area contributed by atoms with E-state index in [1.807, 2.05) is 18.2 Å². The lowest BCUT2D eigenvalue weighted by Gasteiger charge is -2.13. The molecule has 6 nitrogen and oxygen atoms in total. The van der Waals surface area contributed by atoms with E-state index in [1.54, 1.807) is 12.3 Å². The van der Waals surface area contributed by atoms with Crippen LogP contribution in [0.1, 0.15) is 11.3 Å². The van der Waals surface area contributed by atoms with Crippen molar-refractivity contribution in [3.05, 3.63) is 53.9 Å². The summed E-state index contributed by atoms with van der Waals surface area (Å²) in [4.78, 5) is 16.0. The second kappa shape index (κ2) is 8.43. The van der Waals surface area contributed by atoms with Gasteiger partial charge in [-0.25, -0.2) is 4.79 Å². The molecule has 0 spiro atoms. The maximum Gasteiger partial charge on any atom is 0.387 e. The molecule has 24 heavy (non-hydrogen) atoms. The first-order chi connectivity index (χ1) is 11.6. The molecule has 2 amide bonds. The molecule has 0 unspecified atom stereocenters. The third kappa shape index (κ3) is 5.21. The number of rotatable bonds is 6. The summed E-state index contributed by atoms with van der Waals surface area (Å²) in [6.45, 7) is -2.73. The first-order valence-corrected chi connectivity index (χ1v) is 7.02. The average Bonchev–Trinajstić information content (AvgIpc) is 2.57. The number of benzene rings is 1. The molecular weight excluding hydrogens is 318 g/mol. The van der Waals surface area contributed by atoms with Crippen molar-refractivity contribution in [2.24, 2.45) is 0 Å². The molecule has 0 bridgehead atoms. The van der Waals surface area contributed by atoms with Gasteiger partial charge in [-0.05, 0) is 30.3 Å². The van der Waals surface area contributed by atoms with Gasteiger partial charge in [0.25, 0.3) is 0 Å². The van der Waals surface area contributed by atoms with Gasteiger partial charge in [-0.3, -0.25) is 4.98 Å². The third-order valence-electron chi connectivity index (χ3n) is 2.97. The Kier molecular flexibility index (Phi) is 6.02. The Labute approximate surface area is 137 Å². The van der Waals surface area contributed by atoms with Crippen molar-refractivity contribution in [1.29, 1.82) is 5.26 Å². The number of nitriles is 1. The van der Waals surface area contributed by atoms with E-state index in [9.17, 15) is 13.6 Å². The summed E-state index contributed by atoms with van der Waals surface area (Å²) >= 11 is 0. The summed E-state index contributed by atoms with van der Waals surface area (Å²) in [5.74, 6) is -0.219. The Hall–Kier alpha value is -3.21. The van der Waals surface area contributed by atoms with E-state index in [-0.39, 0.29) is 17.0 Å². The summed E-state index contributed by atoms with van der Waals surface area (Å²) in [6, 6.07) is 10.5. The number of hydrogen-bond donors (Lipinski definition) is 2. The number of aromatic nitrogens is 1. The van der Waals surface area contributed by atoms with Crippen LogP contribution < -0.4 is 15.4 Å². The molecule has 1 heterocycles. The molecule has 2 N–H and O–H groups in total. The van der Waals surface area contributed by atoms with Crippen LogP contribution in [0.3, 0.4) is 0 Å². The normalized spacial score (nSPS) is 10.1. The molecule has 1 aromatic carbocycles. The second-order valence-corrected chi connectivity index (χ2v) is 4.65. The Morgan fingerprint density at radius 2 is 2.17 bits per heavy atom. The van der Waals surface area contributed by atoms with Gasteiger partial charge in [0.1, 0.15) is 5.75 Å². The van der Waals surface area contributed by atoms with E-state index in [2.05, 4.69) is 20.4 Å². The van der Waals surface area contributed by atoms with E-state index in [0.29, 0.717) is 13.0 Å². The van der Waals surface area contributed by atoms with Crippen molar-refractivity contribution in [3.8, 4) is 11.8 Å². The molecule has 0 fully saturated rings. The Balaban J connectivity index is 1.96. The van der Waals surface area contributed by atoms with Crippen LogP contribution in [0.5, 0.6) is 5.75 Å². The summed E-state index contributed by atoms with van der Waals surface area (Å²) in [5, 5.41) is 13.8. The fourth-order valence-corrected chi connectivity index (χ4v) is 1.91. The number of anilines is 1. The quantitative estimate of drug-likeness (QED) is 0.851. The van der Waals surface area contributed by atoms with Crippen molar-refractivity contribution in [2.75, 3.05) is 11.9 Å². The van der Waals surface area contributed by atoms with Gasteiger partial charge in [-0.2, -0.15) is 14.0 Å². The van der Waals surface area contributed by atoms with Gasteiger partial charge in [-0.15, -0.1) is 0 Å². The molecule has 2 rings (SSSR count). The van der Waals surface area contributed by atoms with Crippen LogP contribution in [0.2, 0.25) is 0 Å². The summed E-state index contributed by atoms with van der Waals surface area (Å²) in [6.07, 6.45) is 2.17. The second-order valence-electron chi connectivity index (χ2n) is 4.65. The molecule has 1 aromatic heterocycles. The molecule has 0 aliphatic rings. The smallest absolute Gasteiger partial charge is 0.387 e. The number of pyridine rings is 1. The van der Waals surface area contributed by atoms with Crippen LogP contribution in [-0.2, 0) is 6.42 Å². The highest BCUT2D eigenvalue weighted by molar-refractivity contribution is 5.91. The van der Waals surface area contributed by atoms with Crippen LogP contribution >= 0.6 is 0 Å². The fraction of sp³-hybridized carbons (Fsp3) is 0.188. The zero-order valence-corrected chi connectivity index (χ0v) is 12.5. The van der Waals surface area contributed by atoms with Crippen LogP contribution in [0.25, 0.3) is 0 Å². The van der Waals surface area contributed by atoms with Gasteiger partial charge >= 0.3 is 12.6 Å². The zero-order valence-electron chi connectivity index (χ0n) is 12.5. The van der Waals surface area contributed by atoms with Gasteiger partial charge < -0.3 is 15.4 Å². The number of nitrogens with one attached hydrogen (secondary N) is 2. The molecule has 0 aliphatic heterocycles. The lowest BCUT2D eigenvalue weighted by molar-refractivity contribution is -0.0493. The van der Waals surface area contributed by atoms with Gasteiger partial charge in [0.05, 0.1) is 17.3 Å². The Morgan fingerprint density at radius 1 is 1.33 bits per heavy atom. The topological polar surface area (TPSA) is 87.0 Å². The van der Waals surface area contributed by atoms with Gasteiger partial charge in [-0.1, -0.05) is 6.07 Å². The maximum atomic E-state index is 12.4. The minimum Gasteiger partial charge on any atom is -0.433 e. The monoisotopic (exact) mass is 332 g/mol. The summed E-state index contributed by atoms with van der Waals surface area (Å²) in [5.41, 5.74) is 1.01. The van der Waals surface area contributed by atoms with Crippen LogP contribution in [0, 0.1) is 11.3 Å². The number of urea groups is 1. The minimum atomic E-state index is -3.04. The number of carbonyl (C=O) groups excluding carboxylic acids is 1. The van der Waals surface area contributed by atoms with Crippen LogP contribution in [0.4, 0.5) is 19.3 Å². The van der Waals surface area contributed by atoms with E-state index in [1.165, 1.54) is 18.2 Å². The number of hydrogen-bond acceptors (Lipinski definition) is 4. The van der Waals surface area contributed by atoms with E-state index >= 15 is 0 Å². The predicted octanol–water partition coefficient (Wildman–Crippen LogP) is 2.92. The molecule has 0 saturated carbocycles. The van der Waals surface area contributed by atoms with Crippen molar-refractivity contribution in [3.63, 3.8) is 0 Å². The maximum absolute atomic E-state index is 12.4. The molecule has 0 radical (unpaired) electrons. The molecule has 0 atom stereocenters. The standard InChI is InChI=1S/C16H14F2N4O2/c17-15(18)24-14-5-4-11(10-19)9-13(14)22-16(23)21-8-6-12-3-1-2-7-20-12/h1-5,7,9,15H,6,8H2,(H2,21,22,23). The highest BCUT2D eigenvalue weighted by Crippen LogP contribution is 2.27. The highest BCUT2D eigenvalue weighted by atomic mass is 19.3. The first kappa shape index (κ1) is 17.1. The SMILES string of the molecule is N#Cc1ccc(OC(F)F)c(NC(=O)NCCc2ccccn2)c1. The lowest BCUT2D eigenvalue weighted by atomic mass is 10.2. The van der Waals surface area contributed by atoms with E-state index in [0.717, 1.165) is 5.69 Å². The van der Waals surface area contributed by atoms with Crippen molar-refractivity contribution >= 4 is 11.7 Å². The van der Waals surface area contributed by atoms with Crippen molar-refractivity contribution < 1.29 is 18.3 Å². The molecule has 2 aromatic rings. The average molecular weight is 332 g/mol. The highest BCUT2D eigenvalue weighted by Gasteiger charge is 2.13. The Morgan fingerprint density at radius 3 is 2.83 bits per heavy atom. The van der Waals surface area contributed by atoms with Gasteiger partial charge in [0.15, 0.2) is 0 Å². The van der Waals surface area contributed by atoms with Crippen molar-refractivity contribution in [2.45, 2.75) is 13.0 Å². The number of carbonyl (C=O) groups is 1. The number of alkyl halides is 2. The van der Waals surface area contributed by atoms with Gasteiger partial charge in [0, 0.05) is 24.9 Å². The largest absolute Gasteiger partial charge is 0.433 e. The summed E-state index contributed by atoms with van der Waals surface area (Å²) in [7, 11) is 0. The van der Waals surface area contributed by atoms with Crippen molar-refractivity contribution in [1.82, 2.24) is 10.3 Å². The van der Waals surface area contributed by atoms with E-state index in [4.69, 9.17) is 5.26 Å². The number of nitrogens with zero attached hydrogens (tertiary/aromatic N) is 2. The molecule has 124 valence electrons. The minimum absolute atomic E-state index is 0.00955. The Bertz CT molecular complexity index is 733. The third-order valence-corrected chi connectivity index (χ3v) is 2.97. The van der Waals surface area contributed by atoms with Crippen LogP contribution in [0.15, 0.2) is 42.6 Å². The zero-order chi connectivity index (χ0) is 17.4. The first-order valence-electron chi connectivity index (χ1n) is 7.02. The number of amides is 2. The fourth-order valence-electron chi connectivity index (χ4n) is 1.91. The lowest BCUT2D eigenvalue weighted by Crippen LogP contribution is -2.30. The van der Waals surface area contributed by atoms with Crippen LogP contribution in [-0.4, -0.2) is 24.2 Å². The number of ether oxygens (including phenoxy) is 1. The summed E-state index contributed by atoms with van der Waals surface area (Å²) < 4.78 is 29.1. The molecule has 8 heteroatoms. The molecule has 0 saturated heterocycles. The van der Waals surface area contributed by atoms with Gasteiger partial charge in [0.2, 0.25) is 0 Å². The number of halogens is 2.